The summed E-state index contributed by atoms with van der Waals surface area (Å²) in [5, 5.41) is 0. The van der Waals surface area contributed by atoms with Crippen molar-refractivity contribution in [1.82, 2.24) is 0 Å². The van der Waals surface area contributed by atoms with E-state index in [2.05, 4.69) is 21.6 Å². The fourth-order valence-corrected chi connectivity index (χ4v) is 1.50. The molecule has 0 aromatic rings. The van der Waals surface area contributed by atoms with Crippen LogP contribution in [0.5, 0.6) is 0 Å². The molecule has 3 nitrogen and oxygen atoms in total. The predicted octanol–water partition coefficient (Wildman–Crippen LogP) is 3.38. The zero-order valence-corrected chi connectivity index (χ0v) is 9.65. The lowest BCUT2D eigenvalue weighted by molar-refractivity contribution is 0.0818. The topological polar surface area (TPSA) is 35.5 Å². The molecule has 0 aromatic heterocycles. The Morgan fingerprint density at radius 2 is 2.31 bits per heavy atom. The second kappa shape index (κ2) is 7.74. The molecule has 88 valence electrons. The van der Waals surface area contributed by atoms with Crippen molar-refractivity contribution in [2.75, 3.05) is 13.7 Å². The fraction of sp³-hybridized carbons (Fsp3) is 0.462. The van der Waals surface area contributed by atoms with Crippen LogP contribution in [-0.4, -0.2) is 19.9 Å². The number of carbonyl (C=O) groups excluding carboxylic acids is 1. The molecule has 1 aliphatic carbocycles. The second-order valence-electron chi connectivity index (χ2n) is 3.58. The van der Waals surface area contributed by atoms with Gasteiger partial charge in [-0.1, -0.05) is 29.9 Å². The number of ether oxygens (including phenoxy) is 2. The van der Waals surface area contributed by atoms with Crippen molar-refractivity contribution >= 4 is 6.16 Å². The lowest BCUT2D eigenvalue weighted by Gasteiger charge is -2.07. The molecule has 0 fully saturated rings. The van der Waals surface area contributed by atoms with Gasteiger partial charge in [-0.05, 0) is 31.8 Å². The highest BCUT2D eigenvalue weighted by Gasteiger charge is 1.98. The number of rotatable bonds is 4. The van der Waals surface area contributed by atoms with Crippen LogP contribution in [0.2, 0.25) is 0 Å². The van der Waals surface area contributed by atoms with Crippen molar-refractivity contribution in [2.24, 2.45) is 0 Å². The molecule has 0 amide bonds. The largest absolute Gasteiger partial charge is 0.508 e. The zero-order chi connectivity index (χ0) is 11.6. The van der Waals surface area contributed by atoms with Gasteiger partial charge in [0, 0.05) is 0 Å². The SMILES string of the molecule is COC(=O)OC/C=C/C=C/C1=CCCCC1. The molecule has 0 saturated heterocycles. The predicted molar refractivity (Wildman–Crippen MR) is 63.2 cm³/mol. The van der Waals surface area contributed by atoms with Gasteiger partial charge in [0.25, 0.3) is 0 Å². The van der Waals surface area contributed by atoms with E-state index in [0.29, 0.717) is 0 Å². The molecule has 0 heterocycles. The quantitative estimate of drug-likeness (QED) is 0.540. The monoisotopic (exact) mass is 222 g/mol. The van der Waals surface area contributed by atoms with E-state index in [9.17, 15) is 4.79 Å². The minimum atomic E-state index is -0.649. The van der Waals surface area contributed by atoms with Crippen LogP contribution in [0.25, 0.3) is 0 Å². The maximum absolute atomic E-state index is 10.6. The van der Waals surface area contributed by atoms with E-state index in [0.717, 1.165) is 0 Å². The molecular weight excluding hydrogens is 204 g/mol. The van der Waals surface area contributed by atoms with Gasteiger partial charge in [-0.25, -0.2) is 4.79 Å². The van der Waals surface area contributed by atoms with Gasteiger partial charge in [-0.3, -0.25) is 0 Å². The van der Waals surface area contributed by atoms with Gasteiger partial charge in [0.05, 0.1) is 7.11 Å². The summed E-state index contributed by atoms with van der Waals surface area (Å²) in [6.07, 6.45) is 14.3. The number of allylic oxidation sites excluding steroid dienone is 5. The molecule has 1 aliphatic rings. The molecule has 0 unspecified atom stereocenters. The van der Waals surface area contributed by atoms with E-state index < -0.39 is 6.16 Å². The number of hydrogen-bond donors (Lipinski definition) is 0. The Morgan fingerprint density at radius 1 is 1.44 bits per heavy atom. The van der Waals surface area contributed by atoms with Crippen LogP contribution in [-0.2, 0) is 9.47 Å². The lowest BCUT2D eigenvalue weighted by Crippen LogP contribution is -2.03. The van der Waals surface area contributed by atoms with Crippen molar-refractivity contribution in [3.8, 4) is 0 Å². The first-order chi connectivity index (χ1) is 7.83. The Hall–Kier alpha value is -1.51. The van der Waals surface area contributed by atoms with Gasteiger partial charge in [0.15, 0.2) is 0 Å². The van der Waals surface area contributed by atoms with Crippen molar-refractivity contribution < 1.29 is 14.3 Å². The fourth-order valence-electron chi connectivity index (χ4n) is 1.50. The van der Waals surface area contributed by atoms with E-state index in [-0.39, 0.29) is 6.61 Å². The third-order valence-corrected chi connectivity index (χ3v) is 2.35. The molecular formula is C13H18O3. The van der Waals surface area contributed by atoms with Crippen LogP contribution in [0.3, 0.4) is 0 Å². The standard InChI is InChI=1S/C13H18O3/c1-15-13(14)16-11-7-3-6-10-12-8-4-2-5-9-12/h3,6-8,10H,2,4-5,9,11H2,1H3/b7-3+,10-6+. The maximum atomic E-state index is 10.6. The highest BCUT2D eigenvalue weighted by Crippen LogP contribution is 2.17. The van der Waals surface area contributed by atoms with E-state index in [1.165, 1.54) is 38.4 Å². The molecule has 0 spiro atoms. The van der Waals surface area contributed by atoms with Crippen molar-refractivity contribution in [3.05, 3.63) is 36.0 Å². The summed E-state index contributed by atoms with van der Waals surface area (Å²) >= 11 is 0. The molecule has 0 radical (unpaired) electrons. The summed E-state index contributed by atoms with van der Waals surface area (Å²) in [6.45, 7) is 0.246. The minimum absolute atomic E-state index is 0.246. The highest BCUT2D eigenvalue weighted by atomic mass is 16.7. The summed E-state index contributed by atoms with van der Waals surface area (Å²) in [5.74, 6) is 0. The second-order valence-corrected chi connectivity index (χ2v) is 3.58. The average Bonchev–Trinajstić information content (AvgIpc) is 2.34. The summed E-state index contributed by atoms with van der Waals surface area (Å²) in [4.78, 5) is 10.6. The van der Waals surface area contributed by atoms with Gasteiger partial charge >= 0.3 is 6.16 Å². The van der Waals surface area contributed by atoms with Crippen molar-refractivity contribution in [2.45, 2.75) is 25.7 Å². The molecule has 0 atom stereocenters. The Kier molecular flexibility index (Phi) is 6.07. The molecule has 0 N–H and O–H groups in total. The van der Waals surface area contributed by atoms with Gasteiger partial charge < -0.3 is 9.47 Å². The van der Waals surface area contributed by atoms with Crippen molar-refractivity contribution in [1.29, 1.82) is 0 Å². The molecule has 3 heteroatoms. The smallest absolute Gasteiger partial charge is 0.438 e. The molecule has 0 bridgehead atoms. The number of carbonyl (C=O) groups is 1. The summed E-state index contributed by atoms with van der Waals surface area (Å²) < 4.78 is 9.02. The Morgan fingerprint density at radius 3 is 3.00 bits per heavy atom. The average molecular weight is 222 g/mol. The van der Waals surface area contributed by atoms with Crippen LogP contribution in [0.4, 0.5) is 4.79 Å². The van der Waals surface area contributed by atoms with Crippen LogP contribution in [0.15, 0.2) is 36.0 Å². The Bertz CT molecular complexity index is 300. The van der Waals surface area contributed by atoms with E-state index in [4.69, 9.17) is 0 Å². The van der Waals surface area contributed by atoms with Crippen LogP contribution < -0.4 is 0 Å². The zero-order valence-electron chi connectivity index (χ0n) is 9.65. The van der Waals surface area contributed by atoms with E-state index in [1.807, 2.05) is 12.2 Å². The van der Waals surface area contributed by atoms with E-state index >= 15 is 0 Å². The van der Waals surface area contributed by atoms with E-state index in [1.54, 1.807) is 6.08 Å². The molecule has 0 aliphatic heterocycles. The van der Waals surface area contributed by atoms with Gasteiger partial charge in [-0.2, -0.15) is 0 Å². The molecule has 0 aromatic carbocycles. The van der Waals surface area contributed by atoms with Gasteiger partial charge in [-0.15, -0.1) is 0 Å². The van der Waals surface area contributed by atoms with Gasteiger partial charge in [0.2, 0.25) is 0 Å². The van der Waals surface area contributed by atoms with Crippen LogP contribution in [0, 0.1) is 0 Å². The highest BCUT2D eigenvalue weighted by molar-refractivity contribution is 5.59. The third kappa shape index (κ3) is 5.39. The number of hydrogen-bond acceptors (Lipinski definition) is 3. The first-order valence-electron chi connectivity index (χ1n) is 5.56. The molecule has 0 saturated carbocycles. The minimum Gasteiger partial charge on any atom is -0.438 e. The van der Waals surface area contributed by atoms with Crippen LogP contribution in [0.1, 0.15) is 25.7 Å². The summed E-state index contributed by atoms with van der Waals surface area (Å²) in [6, 6.07) is 0. The summed E-state index contributed by atoms with van der Waals surface area (Å²) in [7, 11) is 1.29. The van der Waals surface area contributed by atoms with Crippen LogP contribution >= 0.6 is 0 Å². The summed E-state index contributed by atoms with van der Waals surface area (Å²) in [5.41, 5.74) is 1.39. The lowest BCUT2D eigenvalue weighted by atomic mass is 9.99. The maximum Gasteiger partial charge on any atom is 0.508 e. The number of methoxy groups -OCH3 is 1. The first kappa shape index (κ1) is 12.6. The molecule has 1 rings (SSSR count). The normalized spacial score (nSPS) is 16.4. The Balaban J connectivity index is 2.17. The third-order valence-electron chi connectivity index (χ3n) is 2.35. The molecule has 16 heavy (non-hydrogen) atoms. The van der Waals surface area contributed by atoms with Crippen molar-refractivity contribution in [3.63, 3.8) is 0 Å². The first-order valence-corrected chi connectivity index (χ1v) is 5.56. The Labute approximate surface area is 96.4 Å². The van der Waals surface area contributed by atoms with Gasteiger partial charge in [0.1, 0.15) is 6.61 Å².